The second kappa shape index (κ2) is 13.5. The zero-order valence-electron chi connectivity index (χ0n) is 24.9. The lowest BCUT2D eigenvalue weighted by Gasteiger charge is -2.32. The first-order chi connectivity index (χ1) is 21.4. The maximum Gasteiger partial charge on any atom is 0.345 e. The molecule has 2 aromatic carbocycles. The number of rotatable bonds is 10. The summed E-state index contributed by atoms with van der Waals surface area (Å²) < 4.78 is 12.3. The highest BCUT2D eigenvalue weighted by Gasteiger charge is 2.27. The van der Waals surface area contributed by atoms with Crippen LogP contribution in [0.25, 0.3) is 21.3 Å². The van der Waals surface area contributed by atoms with Gasteiger partial charge in [-0.25, -0.2) is 14.8 Å². The van der Waals surface area contributed by atoms with Gasteiger partial charge in [0.05, 0.1) is 15.3 Å². The fourth-order valence-electron chi connectivity index (χ4n) is 5.28. The van der Waals surface area contributed by atoms with Crippen LogP contribution in [0.4, 0.5) is 0 Å². The second-order valence-electron chi connectivity index (χ2n) is 11.4. The normalized spacial score (nSPS) is 16.3. The Hall–Kier alpha value is -3.68. The summed E-state index contributed by atoms with van der Waals surface area (Å²) in [5.41, 5.74) is 3.37. The second-order valence-corrected chi connectivity index (χ2v) is 12.8. The van der Waals surface area contributed by atoms with E-state index < -0.39 is 12.1 Å². The summed E-state index contributed by atoms with van der Waals surface area (Å²) in [6, 6.07) is 13.3. The van der Waals surface area contributed by atoms with Crippen LogP contribution in [-0.4, -0.2) is 83.3 Å². The highest BCUT2D eigenvalue weighted by atomic mass is 35.5. The van der Waals surface area contributed by atoms with Gasteiger partial charge in [-0.2, -0.15) is 0 Å². The quantitative estimate of drug-likeness (QED) is 0.221. The Morgan fingerprint density at radius 3 is 2.64 bits per heavy atom. The molecule has 0 bridgehead atoms. The van der Waals surface area contributed by atoms with Crippen molar-refractivity contribution in [2.24, 2.45) is 5.92 Å². The maximum atomic E-state index is 12.3. The number of likely N-dealkylation sites (N-methyl/N-ethyl adjacent to an activating group) is 1. The molecule has 1 aliphatic heterocycles. The molecule has 1 aliphatic carbocycles. The van der Waals surface area contributed by atoms with Gasteiger partial charge in [0.2, 0.25) is 12.0 Å². The van der Waals surface area contributed by atoms with Crippen molar-refractivity contribution in [2.75, 3.05) is 46.4 Å². The van der Waals surface area contributed by atoms with Gasteiger partial charge in [-0.15, -0.1) is 11.3 Å². The fourth-order valence-corrected chi connectivity index (χ4v) is 6.51. The van der Waals surface area contributed by atoms with Gasteiger partial charge in [-0.05, 0) is 49.6 Å². The van der Waals surface area contributed by atoms with Crippen LogP contribution in [0.3, 0.4) is 0 Å². The van der Waals surface area contributed by atoms with Gasteiger partial charge in [0.25, 0.3) is 0 Å². The minimum absolute atomic E-state index is 0.195. The van der Waals surface area contributed by atoms with E-state index >= 15 is 0 Å². The molecule has 0 spiro atoms. The smallest absolute Gasteiger partial charge is 0.345 e. The number of piperazine rings is 1. The van der Waals surface area contributed by atoms with E-state index in [0.717, 1.165) is 72.7 Å². The van der Waals surface area contributed by atoms with Crippen molar-refractivity contribution in [2.45, 2.75) is 32.3 Å². The number of carboxylic acid groups (broad SMARTS) is 1. The lowest BCUT2D eigenvalue weighted by Crippen LogP contribution is -2.45. The van der Waals surface area contributed by atoms with Crippen LogP contribution in [0.5, 0.6) is 11.6 Å². The average Bonchev–Trinajstić information content (AvgIpc) is 3.78. The molecular weight excluding hydrogens is 596 g/mol. The molecule has 0 amide bonds. The third-order valence-corrected chi connectivity index (χ3v) is 9.58. The number of carbonyl (C=O) groups is 1. The highest BCUT2D eigenvalue weighted by Crippen LogP contribution is 2.45. The molecule has 44 heavy (non-hydrogen) atoms. The predicted octanol–water partition coefficient (Wildman–Crippen LogP) is 5.78. The number of aromatic nitrogens is 2. The first-order valence-electron chi connectivity index (χ1n) is 14.9. The monoisotopic (exact) mass is 630 g/mol. The third kappa shape index (κ3) is 7.00. The number of hydrogen-bond donors (Lipinski definition) is 1. The highest BCUT2D eigenvalue weighted by molar-refractivity contribution is 7.19. The largest absolute Gasteiger partial charge is 0.491 e. The number of halogens is 1. The number of hydrogen-bond acceptors (Lipinski definition) is 8. The predicted molar refractivity (Wildman–Crippen MR) is 174 cm³/mol. The van der Waals surface area contributed by atoms with E-state index in [1.807, 2.05) is 49.4 Å². The van der Waals surface area contributed by atoms with Gasteiger partial charge in [0.15, 0.2) is 0 Å². The van der Waals surface area contributed by atoms with Crippen molar-refractivity contribution in [1.29, 1.82) is 0 Å². The Labute approximate surface area is 266 Å². The van der Waals surface area contributed by atoms with Crippen LogP contribution >= 0.6 is 22.9 Å². The Morgan fingerprint density at radius 1 is 1.14 bits per heavy atom. The molecule has 8 nitrogen and oxygen atoms in total. The maximum absolute atomic E-state index is 12.3. The summed E-state index contributed by atoms with van der Waals surface area (Å²) in [6.45, 7) is 7.53. The molecule has 3 heterocycles. The fraction of sp³-hybridized carbons (Fsp3) is 0.382. The van der Waals surface area contributed by atoms with E-state index in [-0.39, 0.29) is 12.3 Å². The minimum Gasteiger partial charge on any atom is -0.491 e. The average molecular weight is 631 g/mol. The molecule has 0 radical (unpaired) electrons. The Morgan fingerprint density at radius 2 is 1.91 bits per heavy atom. The molecule has 6 rings (SSSR count). The first kappa shape index (κ1) is 30.4. The lowest BCUT2D eigenvalue weighted by atomic mass is 9.98. The van der Waals surface area contributed by atoms with Gasteiger partial charge in [-0.3, -0.25) is 4.90 Å². The Balaban J connectivity index is 1.33. The number of thiophene rings is 1. The van der Waals surface area contributed by atoms with Crippen molar-refractivity contribution in [3.05, 3.63) is 69.8 Å². The van der Waals surface area contributed by atoms with Crippen LogP contribution < -0.4 is 9.47 Å². The van der Waals surface area contributed by atoms with E-state index in [1.54, 1.807) is 0 Å². The standard InChI is InChI=1S/C34H35ClN4O4S/c1-22-25(11-12-26(31(22)35)42-19-18-39-16-14-38(2)15-17-39)29-28(13-10-23-8-9-23)44-33-30(29)32(36-21-37-33)43-27(34(40)41)20-24-6-4-3-5-7-24/h3-7,11-12,21,23,27H,8-9,14-20H2,1-2H3,(H,40,41)/t27-/m1/s1. The zero-order valence-corrected chi connectivity index (χ0v) is 26.5. The summed E-state index contributed by atoms with van der Waals surface area (Å²) in [7, 11) is 2.15. The molecule has 4 aromatic rings. The molecule has 2 aliphatic rings. The van der Waals surface area contributed by atoms with Gasteiger partial charge in [-0.1, -0.05) is 59.8 Å². The number of aliphatic carboxylic acids is 1. The minimum atomic E-state index is -1.13. The molecule has 228 valence electrons. The van der Waals surface area contributed by atoms with Crippen molar-refractivity contribution in [3.63, 3.8) is 0 Å². The molecule has 2 fully saturated rings. The van der Waals surface area contributed by atoms with Crippen molar-refractivity contribution >= 4 is 39.1 Å². The first-order valence-corrected chi connectivity index (χ1v) is 16.1. The third-order valence-electron chi connectivity index (χ3n) is 8.10. The van der Waals surface area contributed by atoms with Crippen molar-refractivity contribution < 1.29 is 19.4 Å². The number of ether oxygens (including phenoxy) is 2. The van der Waals surface area contributed by atoms with Crippen LogP contribution in [0.15, 0.2) is 48.8 Å². The molecule has 0 unspecified atom stereocenters. The number of carboxylic acids is 1. The lowest BCUT2D eigenvalue weighted by molar-refractivity contribution is -0.145. The van der Waals surface area contributed by atoms with Gasteiger partial charge in [0.1, 0.15) is 23.5 Å². The van der Waals surface area contributed by atoms with E-state index in [1.165, 1.54) is 17.7 Å². The van der Waals surface area contributed by atoms with E-state index in [2.05, 4.69) is 38.7 Å². The van der Waals surface area contributed by atoms with E-state index in [0.29, 0.717) is 33.5 Å². The molecule has 10 heteroatoms. The SMILES string of the molecule is Cc1c(-c2c(C#CC3CC3)sc3ncnc(O[C@H](Cc4ccccc4)C(=O)O)c23)ccc(OCCN2CCN(C)CC2)c1Cl. The van der Waals surface area contributed by atoms with Gasteiger partial charge in [0, 0.05) is 50.6 Å². The topological polar surface area (TPSA) is 88.0 Å². The number of fused-ring (bicyclic) bond motifs is 1. The van der Waals surface area contributed by atoms with E-state index in [4.69, 9.17) is 21.1 Å². The zero-order chi connectivity index (χ0) is 30.6. The number of nitrogens with zero attached hydrogens (tertiary/aromatic N) is 4. The summed E-state index contributed by atoms with van der Waals surface area (Å²) in [6.07, 6.45) is 2.68. The molecule has 1 atom stereocenters. The Bertz CT molecular complexity index is 1710. The molecule has 1 N–H and O–H groups in total. The van der Waals surface area contributed by atoms with Gasteiger partial charge < -0.3 is 19.5 Å². The summed E-state index contributed by atoms with van der Waals surface area (Å²) in [5, 5.41) is 11.2. The molecule has 1 saturated heterocycles. The van der Waals surface area contributed by atoms with Crippen LogP contribution in [-0.2, 0) is 11.2 Å². The van der Waals surface area contributed by atoms with Crippen LogP contribution in [0.1, 0.15) is 28.8 Å². The molecule has 2 aromatic heterocycles. The molecular formula is C34H35ClN4O4S. The van der Waals surface area contributed by atoms with Crippen LogP contribution in [0.2, 0.25) is 5.02 Å². The molecule has 1 saturated carbocycles. The van der Waals surface area contributed by atoms with Crippen LogP contribution in [0, 0.1) is 24.7 Å². The van der Waals surface area contributed by atoms with Crippen molar-refractivity contribution in [1.82, 2.24) is 19.8 Å². The van der Waals surface area contributed by atoms with Gasteiger partial charge >= 0.3 is 5.97 Å². The number of benzene rings is 2. The summed E-state index contributed by atoms with van der Waals surface area (Å²) in [4.78, 5) is 27.5. The van der Waals surface area contributed by atoms with Crippen molar-refractivity contribution in [3.8, 4) is 34.6 Å². The summed E-state index contributed by atoms with van der Waals surface area (Å²) in [5.74, 6) is 6.94. The Kier molecular flexibility index (Phi) is 9.33. The summed E-state index contributed by atoms with van der Waals surface area (Å²) >= 11 is 8.39. The van der Waals surface area contributed by atoms with E-state index in [9.17, 15) is 9.90 Å².